The van der Waals surface area contributed by atoms with Gasteiger partial charge in [0.15, 0.2) is 12.4 Å². The highest BCUT2D eigenvalue weighted by atomic mass is 35.5. The zero-order valence-electron chi connectivity index (χ0n) is 10.1. The molecule has 1 aliphatic heterocycles. The zero-order valence-corrected chi connectivity index (χ0v) is 10.9. The van der Waals surface area contributed by atoms with Crippen molar-refractivity contribution in [2.24, 2.45) is 0 Å². The highest BCUT2D eigenvalue weighted by Crippen LogP contribution is 2.34. The van der Waals surface area contributed by atoms with E-state index in [2.05, 4.69) is 9.97 Å². The van der Waals surface area contributed by atoms with Crippen molar-refractivity contribution in [1.82, 2.24) is 14.5 Å². The number of alkyl halides is 1. The number of ether oxygens (including phenoxy) is 1. The monoisotopic (exact) mass is 302 g/mol. The summed E-state index contributed by atoms with van der Waals surface area (Å²) < 4.78 is 20.8. The fraction of sp³-hybridized carbons (Fsp3) is 0.455. The van der Waals surface area contributed by atoms with Crippen LogP contribution in [0.2, 0.25) is 5.28 Å². The van der Waals surface area contributed by atoms with E-state index in [9.17, 15) is 9.50 Å². The van der Waals surface area contributed by atoms with Crippen LogP contribution in [-0.2, 0) is 4.74 Å². The number of hydrogen-bond donors (Lipinski definition) is 3. The first-order valence-corrected chi connectivity index (χ1v) is 6.28. The molecular weight excluding hydrogens is 291 g/mol. The number of nitrogens with two attached hydrogens (primary N) is 1. The Balaban J connectivity index is 2.07. The van der Waals surface area contributed by atoms with Crippen LogP contribution < -0.4 is 5.73 Å². The molecule has 0 bridgehead atoms. The van der Waals surface area contributed by atoms with Crippen molar-refractivity contribution in [2.75, 3.05) is 12.3 Å². The predicted octanol–water partition coefficient (Wildman–Crippen LogP) is 0.256. The Kier molecular flexibility index (Phi) is 3.25. The van der Waals surface area contributed by atoms with Gasteiger partial charge in [-0.25, -0.2) is 9.37 Å². The summed E-state index contributed by atoms with van der Waals surface area (Å²) in [4.78, 5) is 7.80. The number of nitrogens with zero attached hydrogens (tertiary/aromatic N) is 3. The summed E-state index contributed by atoms with van der Waals surface area (Å²) >= 11 is 5.74. The van der Waals surface area contributed by atoms with Crippen molar-refractivity contribution in [3.63, 3.8) is 0 Å². The number of aliphatic hydroxyl groups is 2. The standard InChI is InChI=1S/C11H12ClFN4O3/c12-11-15-8(14)4-1-2-17(9(4)16-11)10-6(13)7(19)5(3-18)20-10/h1-2,5-7,10,18-19H,3H2,(H2,14,15,16)/t5-,6?,7?,10-/m1/s1. The molecular formula is C11H12ClFN4O3. The van der Waals surface area contributed by atoms with Crippen molar-refractivity contribution in [3.05, 3.63) is 17.5 Å². The van der Waals surface area contributed by atoms with Gasteiger partial charge >= 0.3 is 0 Å². The first-order valence-electron chi connectivity index (χ1n) is 5.91. The number of rotatable bonds is 2. The maximum Gasteiger partial charge on any atom is 0.226 e. The van der Waals surface area contributed by atoms with E-state index in [1.165, 1.54) is 10.8 Å². The lowest BCUT2D eigenvalue weighted by atomic mass is 10.1. The summed E-state index contributed by atoms with van der Waals surface area (Å²) in [5, 5.41) is 19.1. The smallest absolute Gasteiger partial charge is 0.226 e. The molecule has 9 heteroatoms. The average Bonchev–Trinajstić information content (AvgIpc) is 2.93. The number of nitrogen functional groups attached to an aromatic ring is 1. The molecule has 1 fully saturated rings. The molecule has 1 aliphatic rings. The first kappa shape index (κ1) is 13.5. The molecule has 3 heterocycles. The Bertz CT molecular complexity index is 652. The molecule has 0 amide bonds. The van der Waals surface area contributed by atoms with Gasteiger partial charge in [-0.05, 0) is 17.7 Å². The Hall–Kier alpha value is -1.48. The number of halogens is 2. The van der Waals surface area contributed by atoms with Crippen molar-refractivity contribution >= 4 is 28.5 Å². The summed E-state index contributed by atoms with van der Waals surface area (Å²) in [5.41, 5.74) is 6.02. The number of aliphatic hydroxyl groups excluding tert-OH is 2. The second-order valence-corrected chi connectivity index (χ2v) is 4.86. The van der Waals surface area contributed by atoms with E-state index in [-0.39, 0.29) is 11.1 Å². The van der Waals surface area contributed by atoms with Gasteiger partial charge in [0.05, 0.1) is 12.0 Å². The SMILES string of the molecule is Nc1nc(Cl)nc2c1ccn2[C@@H]1O[C@H](CO)C(O)C1F. The molecule has 4 N–H and O–H groups in total. The van der Waals surface area contributed by atoms with E-state index in [1.807, 2.05) is 0 Å². The number of hydrogen-bond acceptors (Lipinski definition) is 6. The minimum atomic E-state index is -1.70. The molecule has 1 saturated heterocycles. The highest BCUT2D eigenvalue weighted by molar-refractivity contribution is 6.28. The maximum atomic E-state index is 14.1. The minimum Gasteiger partial charge on any atom is -0.394 e. The van der Waals surface area contributed by atoms with E-state index in [0.717, 1.165) is 0 Å². The van der Waals surface area contributed by atoms with Crippen molar-refractivity contribution < 1.29 is 19.3 Å². The van der Waals surface area contributed by atoms with Crippen molar-refractivity contribution in [2.45, 2.75) is 24.6 Å². The fourth-order valence-electron chi connectivity index (χ4n) is 2.31. The average molecular weight is 303 g/mol. The molecule has 0 saturated carbocycles. The van der Waals surface area contributed by atoms with Gasteiger partial charge in [0, 0.05) is 6.20 Å². The van der Waals surface area contributed by atoms with Gasteiger partial charge in [-0.15, -0.1) is 0 Å². The maximum absolute atomic E-state index is 14.1. The summed E-state index contributed by atoms with van der Waals surface area (Å²) in [6.07, 6.45) is -3.67. The molecule has 3 rings (SSSR count). The number of anilines is 1. The lowest BCUT2D eigenvalue weighted by Gasteiger charge is -2.16. The van der Waals surface area contributed by atoms with Crippen LogP contribution in [-0.4, -0.2) is 49.7 Å². The van der Waals surface area contributed by atoms with Crippen LogP contribution in [0.15, 0.2) is 12.3 Å². The third-order valence-electron chi connectivity index (χ3n) is 3.32. The van der Waals surface area contributed by atoms with Crippen LogP contribution in [0.1, 0.15) is 6.23 Å². The van der Waals surface area contributed by atoms with Crippen LogP contribution in [0.25, 0.3) is 11.0 Å². The molecule has 7 nitrogen and oxygen atoms in total. The quantitative estimate of drug-likeness (QED) is 0.687. The largest absolute Gasteiger partial charge is 0.394 e. The molecule has 0 aromatic carbocycles. The summed E-state index contributed by atoms with van der Waals surface area (Å²) in [6, 6.07) is 1.61. The van der Waals surface area contributed by atoms with Crippen LogP contribution in [0, 0.1) is 0 Å². The lowest BCUT2D eigenvalue weighted by Crippen LogP contribution is -2.30. The highest BCUT2D eigenvalue weighted by Gasteiger charge is 2.45. The van der Waals surface area contributed by atoms with Crippen LogP contribution in [0.3, 0.4) is 0 Å². The normalized spacial score (nSPS) is 30.2. The molecule has 4 atom stereocenters. The molecule has 2 aromatic heterocycles. The van der Waals surface area contributed by atoms with Crippen LogP contribution in [0.4, 0.5) is 10.2 Å². The summed E-state index contributed by atoms with van der Waals surface area (Å²) in [6.45, 7) is -0.477. The topological polar surface area (TPSA) is 106 Å². The fourth-order valence-corrected chi connectivity index (χ4v) is 2.48. The van der Waals surface area contributed by atoms with Crippen LogP contribution >= 0.6 is 11.6 Å². The van der Waals surface area contributed by atoms with Crippen LogP contribution in [0.5, 0.6) is 0 Å². The van der Waals surface area contributed by atoms with Gasteiger partial charge in [-0.1, -0.05) is 0 Å². The minimum absolute atomic E-state index is 0.0670. The van der Waals surface area contributed by atoms with E-state index in [1.54, 1.807) is 6.07 Å². The Morgan fingerprint density at radius 1 is 1.50 bits per heavy atom. The van der Waals surface area contributed by atoms with Gasteiger partial charge in [-0.2, -0.15) is 4.98 Å². The summed E-state index contributed by atoms with van der Waals surface area (Å²) in [7, 11) is 0. The van der Waals surface area contributed by atoms with Crippen molar-refractivity contribution in [1.29, 1.82) is 0 Å². The molecule has 20 heavy (non-hydrogen) atoms. The molecule has 0 aliphatic carbocycles. The molecule has 2 aromatic rings. The van der Waals surface area contributed by atoms with E-state index in [4.69, 9.17) is 27.2 Å². The molecule has 0 radical (unpaired) electrons. The molecule has 2 unspecified atom stereocenters. The van der Waals surface area contributed by atoms with Crippen molar-refractivity contribution in [3.8, 4) is 0 Å². The Morgan fingerprint density at radius 3 is 2.90 bits per heavy atom. The van der Waals surface area contributed by atoms with E-state index >= 15 is 0 Å². The molecule has 108 valence electrons. The zero-order chi connectivity index (χ0) is 14.4. The Labute approximate surface area is 117 Å². The third-order valence-corrected chi connectivity index (χ3v) is 3.49. The second-order valence-electron chi connectivity index (χ2n) is 4.52. The van der Waals surface area contributed by atoms with Gasteiger partial charge in [0.2, 0.25) is 5.28 Å². The van der Waals surface area contributed by atoms with Gasteiger partial charge in [0.1, 0.15) is 23.7 Å². The predicted molar refractivity (Wildman–Crippen MR) is 68.8 cm³/mol. The lowest BCUT2D eigenvalue weighted by molar-refractivity contribution is -0.0457. The number of fused-ring (bicyclic) bond motifs is 1. The van der Waals surface area contributed by atoms with E-state index < -0.39 is 31.2 Å². The van der Waals surface area contributed by atoms with Gasteiger partial charge < -0.3 is 25.3 Å². The third kappa shape index (κ3) is 1.92. The Morgan fingerprint density at radius 2 is 2.25 bits per heavy atom. The molecule has 0 spiro atoms. The van der Waals surface area contributed by atoms with E-state index in [0.29, 0.717) is 11.0 Å². The van der Waals surface area contributed by atoms with Gasteiger partial charge in [0.25, 0.3) is 0 Å². The first-order chi connectivity index (χ1) is 9.52. The van der Waals surface area contributed by atoms with Gasteiger partial charge in [-0.3, -0.25) is 0 Å². The summed E-state index contributed by atoms with van der Waals surface area (Å²) in [5.74, 6) is 0.173. The number of aromatic nitrogens is 3. The second kappa shape index (κ2) is 4.81.